The average molecular weight is 416 g/mol. The van der Waals surface area contributed by atoms with E-state index >= 15 is 0 Å². The quantitative estimate of drug-likeness (QED) is 0.490. The van der Waals surface area contributed by atoms with E-state index in [0.29, 0.717) is 28.7 Å². The Morgan fingerprint density at radius 1 is 1.31 bits per heavy atom. The molecule has 10 heteroatoms. The number of rotatable bonds is 6. The van der Waals surface area contributed by atoms with Crippen LogP contribution in [0.5, 0.6) is 0 Å². The Morgan fingerprint density at radius 2 is 2.00 bits per heavy atom. The van der Waals surface area contributed by atoms with Crippen LogP contribution < -0.4 is 5.32 Å². The lowest BCUT2D eigenvalue weighted by Gasteiger charge is -2.27. The van der Waals surface area contributed by atoms with Crippen LogP contribution in [0, 0.1) is 11.3 Å². The molecular formula is C19H18F2N6OS. The fraction of sp³-hybridized carbons (Fsp3) is 0.316. The number of thioether (sulfide) groups is 1. The van der Waals surface area contributed by atoms with Crippen LogP contribution in [-0.2, 0) is 4.79 Å². The topological polar surface area (TPSA) is 96.5 Å². The molecule has 2 heterocycles. The van der Waals surface area contributed by atoms with Crippen LogP contribution in [0.1, 0.15) is 31.0 Å². The Balaban J connectivity index is 2.07. The van der Waals surface area contributed by atoms with Crippen LogP contribution in [-0.4, -0.2) is 43.9 Å². The molecule has 0 radical (unpaired) electrons. The number of hydrogen-bond donors (Lipinski definition) is 1. The third-order valence-electron chi connectivity index (χ3n) is 4.39. The van der Waals surface area contributed by atoms with Crippen molar-refractivity contribution in [2.45, 2.75) is 37.0 Å². The molecule has 0 saturated carbocycles. The normalized spacial score (nSPS) is 13.7. The van der Waals surface area contributed by atoms with Gasteiger partial charge in [0.15, 0.2) is 5.16 Å². The first-order chi connectivity index (χ1) is 13.7. The Morgan fingerprint density at radius 3 is 2.59 bits per heavy atom. The number of nitrogens with zero attached hydrogens (tertiary/aromatic N) is 5. The van der Waals surface area contributed by atoms with Crippen molar-refractivity contribution >= 4 is 28.6 Å². The highest BCUT2D eigenvalue weighted by Crippen LogP contribution is 2.27. The minimum absolute atomic E-state index is 0.480. The van der Waals surface area contributed by atoms with E-state index in [0.717, 1.165) is 5.39 Å². The molecule has 0 aliphatic heterocycles. The Labute approximate surface area is 170 Å². The van der Waals surface area contributed by atoms with Crippen molar-refractivity contribution < 1.29 is 13.6 Å². The van der Waals surface area contributed by atoms with E-state index in [2.05, 4.69) is 26.5 Å². The molecule has 1 N–H and O–H groups in total. The summed E-state index contributed by atoms with van der Waals surface area (Å²) in [5.74, 6) is -4.88. The number of nitrogens with one attached hydrogen (secondary N) is 1. The molecule has 29 heavy (non-hydrogen) atoms. The van der Waals surface area contributed by atoms with Gasteiger partial charge in [-0.2, -0.15) is 19.1 Å². The molecular weight excluding hydrogens is 398 g/mol. The second kappa shape index (κ2) is 8.13. The number of amides is 1. The lowest BCUT2D eigenvalue weighted by Crippen LogP contribution is -2.46. The van der Waals surface area contributed by atoms with E-state index in [1.165, 1.54) is 11.8 Å². The molecule has 7 nitrogen and oxygen atoms in total. The largest absolute Gasteiger partial charge is 0.346 e. The van der Waals surface area contributed by atoms with E-state index in [9.17, 15) is 13.6 Å². The van der Waals surface area contributed by atoms with Crippen LogP contribution in [0.3, 0.4) is 0 Å². The summed E-state index contributed by atoms with van der Waals surface area (Å²) < 4.78 is 28.5. The zero-order valence-corrected chi connectivity index (χ0v) is 16.7. The van der Waals surface area contributed by atoms with Crippen LogP contribution in [0.4, 0.5) is 8.78 Å². The van der Waals surface area contributed by atoms with Gasteiger partial charge in [-0.1, -0.05) is 11.8 Å². The van der Waals surface area contributed by atoms with Gasteiger partial charge < -0.3 is 5.32 Å². The Bertz CT molecular complexity index is 1070. The monoisotopic (exact) mass is 416 g/mol. The third kappa shape index (κ3) is 4.35. The highest BCUT2D eigenvalue weighted by Gasteiger charge is 2.35. The molecule has 2 atom stereocenters. The number of nitriles is 1. The zero-order valence-electron chi connectivity index (χ0n) is 15.9. The van der Waals surface area contributed by atoms with Crippen LogP contribution in [0.15, 0.2) is 41.9 Å². The number of hydrogen-bond acceptors (Lipinski definition) is 6. The summed E-state index contributed by atoms with van der Waals surface area (Å²) in [6.07, 6.45) is 6.61. The maximum Gasteiger partial charge on any atom is 0.321 e. The van der Waals surface area contributed by atoms with Gasteiger partial charge >= 0.3 is 5.92 Å². The molecule has 0 aliphatic carbocycles. The summed E-state index contributed by atoms with van der Waals surface area (Å²) in [6, 6.07) is 5.76. The minimum Gasteiger partial charge on any atom is -0.346 e. The van der Waals surface area contributed by atoms with Crippen molar-refractivity contribution in [3.63, 3.8) is 0 Å². The van der Waals surface area contributed by atoms with E-state index in [4.69, 9.17) is 5.26 Å². The lowest BCUT2D eigenvalue weighted by atomic mass is 10.0. The van der Waals surface area contributed by atoms with Crippen molar-refractivity contribution in [2.75, 3.05) is 6.26 Å². The highest BCUT2D eigenvalue weighted by molar-refractivity contribution is 7.98. The fourth-order valence-electron chi connectivity index (χ4n) is 2.98. The molecule has 0 aliphatic rings. The van der Waals surface area contributed by atoms with Gasteiger partial charge in [0, 0.05) is 30.3 Å². The molecule has 0 spiro atoms. The molecule has 3 aromatic rings. The van der Waals surface area contributed by atoms with Crippen molar-refractivity contribution in [2.24, 2.45) is 0 Å². The minimum atomic E-state index is -3.51. The average Bonchev–Trinajstić information content (AvgIpc) is 3.10. The third-order valence-corrected chi connectivity index (χ3v) is 4.97. The number of aromatic nitrogens is 4. The maximum absolute atomic E-state index is 13.4. The molecule has 1 aromatic carbocycles. The molecule has 3 rings (SSSR count). The highest BCUT2D eigenvalue weighted by atomic mass is 32.2. The molecule has 0 saturated heterocycles. The van der Waals surface area contributed by atoms with Gasteiger partial charge in [-0.25, -0.2) is 9.97 Å². The van der Waals surface area contributed by atoms with Gasteiger partial charge in [0.05, 0.1) is 29.4 Å². The molecule has 2 aromatic heterocycles. The van der Waals surface area contributed by atoms with Crippen molar-refractivity contribution in [1.82, 2.24) is 25.1 Å². The first kappa shape index (κ1) is 20.7. The molecule has 0 unspecified atom stereocenters. The maximum atomic E-state index is 13.4. The Hall–Kier alpha value is -3.06. The smallest absolute Gasteiger partial charge is 0.321 e. The standard InChI is InChI=1S/C19H18F2N6OS/c1-11(26-17(28)19(2,20)21)16(14-8-23-18(29-3)24-9-14)27-15-5-4-12(7-22)6-13(15)10-25-27/h4-6,8-11,16H,1-3H3,(H,26,28)/t11-,16-/m1/s1. The fourth-order valence-corrected chi connectivity index (χ4v) is 3.30. The summed E-state index contributed by atoms with van der Waals surface area (Å²) in [5.41, 5.74) is 1.77. The van der Waals surface area contributed by atoms with E-state index in [-0.39, 0.29) is 0 Å². The number of fused-ring (bicyclic) bond motifs is 1. The van der Waals surface area contributed by atoms with Crippen molar-refractivity contribution in [1.29, 1.82) is 5.26 Å². The van der Waals surface area contributed by atoms with Gasteiger partial charge in [0.2, 0.25) is 0 Å². The van der Waals surface area contributed by atoms with Gasteiger partial charge in [-0.15, -0.1) is 0 Å². The van der Waals surface area contributed by atoms with Crippen LogP contribution >= 0.6 is 11.8 Å². The zero-order chi connectivity index (χ0) is 21.2. The van der Waals surface area contributed by atoms with E-state index < -0.39 is 23.9 Å². The number of carbonyl (C=O) groups excluding carboxylic acids is 1. The molecule has 0 fully saturated rings. The second-order valence-electron chi connectivity index (χ2n) is 6.57. The number of halogens is 2. The van der Waals surface area contributed by atoms with Crippen LogP contribution in [0.25, 0.3) is 10.9 Å². The number of benzene rings is 1. The molecule has 150 valence electrons. The second-order valence-corrected chi connectivity index (χ2v) is 7.35. The van der Waals surface area contributed by atoms with E-state index in [1.54, 1.807) is 48.4 Å². The van der Waals surface area contributed by atoms with Gasteiger partial charge in [-0.05, 0) is 31.4 Å². The van der Waals surface area contributed by atoms with Gasteiger partial charge in [0.1, 0.15) is 6.04 Å². The van der Waals surface area contributed by atoms with Crippen molar-refractivity contribution in [3.8, 4) is 6.07 Å². The van der Waals surface area contributed by atoms with Gasteiger partial charge in [0.25, 0.3) is 5.91 Å². The first-order valence-electron chi connectivity index (χ1n) is 8.66. The Kier molecular flexibility index (Phi) is 5.79. The summed E-state index contributed by atoms with van der Waals surface area (Å²) in [4.78, 5) is 20.4. The summed E-state index contributed by atoms with van der Waals surface area (Å²) in [7, 11) is 0. The summed E-state index contributed by atoms with van der Waals surface area (Å²) in [6.45, 7) is 2.17. The summed E-state index contributed by atoms with van der Waals surface area (Å²) in [5, 5.41) is 17.1. The predicted octanol–water partition coefficient (Wildman–Crippen LogP) is 3.17. The molecule has 0 bridgehead atoms. The van der Waals surface area contributed by atoms with Crippen LogP contribution in [0.2, 0.25) is 0 Å². The van der Waals surface area contributed by atoms with E-state index in [1.807, 2.05) is 6.26 Å². The predicted molar refractivity (Wildman–Crippen MR) is 105 cm³/mol. The molecule has 1 amide bonds. The first-order valence-corrected chi connectivity index (χ1v) is 9.89. The SMILES string of the molecule is CSc1ncc([C@@H]([C@@H](C)NC(=O)C(C)(F)F)n2ncc3cc(C#N)ccc32)cn1. The number of alkyl halides is 2. The van der Waals surface area contributed by atoms with Crippen molar-refractivity contribution in [3.05, 3.63) is 47.9 Å². The van der Waals surface area contributed by atoms with Gasteiger partial charge in [-0.3, -0.25) is 9.48 Å². The number of carbonyl (C=O) groups is 1. The lowest BCUT2D eigenvalue weighted by molar-refractivity contribution is -0.143. The summed E-state index contributed by atoms with van der Waals surface area (Å²) >= 11 is 1.37.